The Morgan fingerprint density at radius 1 is 1.11 bits per heavy atom. The Bertz CT molecular complexity index is 428. The average Bonchev–Trinajstić information content (AvgIpc) is 2.85. The summed E-state index contributed by atoms with van der Waals surface area (Å²) in [5.74, 6) is 0. The van der Waals surface area contributed by atoms with Gasteiger partial charge in [0.15, 0.2) is 0 Å². The first-order valence-electron chi connectivity index (χ1n) is 7.69. The number of benzene rings is 1. The van der Waals surface area contributed by atoms with E-state index in [2.05, 4.69) is 38.1 Å². The van der Waals surface area contributed by atoms with Gasteiger partial charge in [0.1, 0.15) is 0 Å². The number of aliphatic hydroxyl groups is 1. The third-order valence-electron chi connectivity index (χ3n) is 4.22. The van der Waals surface area contributed by atoms with Crippen molar-refractivity contribution < 1.29 is 5.11 Å². The highest BCUT2D eigenvalue weighted by atomic mass is 16.3. The number of hydrogen-bond acceptors (Lipinski definition) is 1. The second-order valence-corrected chi connectivity index (χ2v) is 5.75. The summed E-state index contributed by atoms with van der Waals surface area (Å²) in [6.07, 6.45) is 7.88. The Morgan fingerprint density at radius 2 is 1.84 bits per heavy atom. The van der Waals surface area contributed by atoms with Gasteiger partial charge < -0.3 is 5.11 Å². The smallest absolute Gasteiger partial charge is 0.0790 e. The van der Waals surface area contributed by atoms with E-state index in [0.717, 1.165) is 18.4 Å². The van der Waals surface area contributed by atoms with Gasteiger partial charge in [0.25, 0.3) is 0 Å². The number of rotatable bonds is 6. The molecule has 1 aromatic carbocycles. The summed E-state index contributed by atoms with van der Waals surface area (Å²) in [5.41, 5.74) is 5.47. The van der Waals surface area contributed by atoms with Crippen LogP contribution in [0.15, 0.2) is 29.8 Å². The fourth-order valence-corrected chi connectivity index (χ4v) is 2.95. The standard InChI is InChI=1S/C18H26O/c1-3-4-5-9-18(19)16-12-10-15(11-13-16)17-8-6-7-14(17)2/h10-13,18-19H,3-9H2,1-2H3. The zero-order chi connectivity index (χ0) is 13.7. The molecule has 1 unspecified atom stereocenters. The number of unbranched alkanes of at least 4 members (excludes halogenated alkanes) is 2. The highest BCUT2D eigenvalue weighted by Crippen LogP contribution is 2.34. The largest absolute Gasteiger partial charge is 0.388 e. The van der Waals surface area contributed by atoms with Crippen molar-refractivity contribution in [3.8, 4) is 0 Å². The van der Waals surface area contributed by atoms with Crippen LogP contribution in [-0.2, 0) is 0 Å². The van der Waals surface area contributed by atoms with Gasteiger partial charge in [0, 0.05) is 0 Å². The molecular formula is C18H26O. The molecule has 104 valence electrons. The topological polar surface area (TPSA) is 20.2 Å². The van der Waals surface area contributed by atoms with E-state index in [1.165, 1.54) is 48.8 Å². The molecule has 0 bridgehead atoms. The van der Waals surface area contributed by atoms with Crippen molar-refractivity contribution in [2.75, 3.05) is 0 Å². The maximum atomic E-state index is 10.1. The first kappa shape index (κ1) is 14.3. The van der Waals surface area contributed by atoms with Crippen LogP contribution >= 0.6 is 0 Å². The monoisotopic (exact) mass is 258 g/mol. The van der Waals surface area contributed by atoms with Gasteiger partial charge in [0.2, 0.25) is 0 Å². The molecule has 19 heavy (non-hydrogen) atoms. The first-order valence-corrected chi connectivity index (χ1v) is 7.69. The van der Waals surface area contributed by atoms with Gasteiger partial charge in [-0.3, -0.25) is 0 Å². The minimum Gasteiger partial charge on any atom is -0.388 e. The number of hydrogen-bond donors (Lipinski definition) is 1. The maximum absolute atomic E-state index is 10.1. The summed E-state index contributed by atoms with van der Waals surface area (Å²) >= 11 is 0. The molecule has 0 heterocycles. The molecule has 1 aliphatic carbocycles. The number of allylic oxidation sites excluding steroid dienone is 2. The molecule has 2 rings (SSSR count). The molecule has 0 saturated carbocycles. The van der Waals surface area contributed by atoms with Crippen molar-refractivity contribution in [1.29, 1.82) is 0 Å². The summed E-state index contributed by atoms with van der Waals surface area (Å²) in [4.78, 5) is 0. The lowest BCUT2D eigenvalue weighted by molar-refractivity contribution is 0.163. The van der Waals surface area contributed by atoms with E-state index in [1.807, 2.05) is 0 Å². The molecule has 1 atom stereocenters. The molecule has 1 heteroatoms. The Kier molecular flexibility index (Phi) is 5.21. The van der Waals surface area contributed by atoms with Gasteiger partial charge in [-0.05, 0) is 49.3 Å². The Hall–Kier alpha value is -1.08. The lowest BCUT2D eigenvalue weighted by Gasteiger charge is -2.12. The van der Waals surface area contributed by atoms with E-state index in [1.54, 1.807) is 0 Å². The van der Waals surface area contributed by atoms with Crippen molar-refractivity contribution in [2.24, 2.45) is 0 Å². The average molecular weight is 258 g/mol. The van der Waals surface area contributed by atoms with Crippen LogP contribution in [0, 0.1) is 0 Å². The van der Waals surface area contributed by atoms with Gasteiger partial charge >= 0.3 is 0 Å². The molecule has 0 spiro atoms. The normalized spacial score (nSPS) is 17.0. The van der Waals surface area contributed by atoms with Gasteiger partial charge in [0.05, 0.1) is 6.10 Å². The molecular weight excluding hydrogens is 232 g/mol. The lowest BCUT2D eigenvalue weighted by Crippen LogP contribution is -1.97. The van der Waals surface area contributed by atoms with Crippen LogP contribution in [-0.4, -0.2) is 5.11 Å². The van der Waals surface area contributed by atoms with Crippen molar-refractivity contribution in [1.82, 2.24) is 0 Å². The molecule has 1 aromatic rings. The van der Waals surface area contributed by atoms with Crippen LogP contribution in [0.3, 0.4) is 0 Å². The molecule has 0 fully saturated rings. The van der Waals surface area contributed by atoms with Crippen molar-refractivity contribution in [2.45, 2.75) is 64.9 Å². The Labute approximate surface area is 117 Å². The van der Waals surface area contributed by atoms with Crippen LogP contribution in [0.2, 0.25) is 0 Å². The molecule has 0 aromatic heterocycles. The first-order chi connectivity index (χ1) is 9.22. The third-order valence-corrected chi connectivity index (χ3v) is 4.22. The van der Waals surface area contributed by atoms with E-state index < -0.39 is 0 Å². The summed E-state index contributed by atoms with van der Waals surface area (Å²) in [5, 5.41) is 10.1. The van der Waals surface area contributed by atoms with Crippen LogP contribution < -0.4 is 0 Å². The second-order valence-electron chi connectivity index (χ2n) is 5.75. The predicted octanol–water partition coefficient (Wildman–Crippen LogP) is 5.26. The second kappa shape index (κ2) is 6.91. The minimum absolute atomic E-state index is 0.292. The molecule has 1 nitrogen and oxygen atoms in total. The van der Waals surface area contributed by atoms with Crippen LogP contribution in [0.1, 0.15) is 76.0 Å². The highest BCUT2D eigenvalue weighted by Gasteiger charge is 2.13. The minimum atomic E-state index is -0.292. The Balaban J connectivity index is 2.00. The SMILES string of the molecule is CCCCCC(O)c1ccc(C2=C(C)CCC2)cc1. The molecule has 1 aliphatic rings. The van der Waals surface area contributed by atoms with Crippen LogP contribution in [0.5, 0.6) is 0 Å². The fraction of sp³-hybridized carbons (Fsp3) is 0.556. The van der Waals surface area contributed by atoms with E-state index in [0.29, 0.717) is 0 Å². The van der Waals surface area contributed by atoms with Crippen molar-refractivity contribution in [3.05, 3.63) is 41.0 Å². The third kappa shape index (κ3) is 3.70. The van der Waals surface area contributed by atoms with Gasteiger partial charge in [-0.15, -0.1) is 0 Å². The summed E-state index contributed by atoms with van der Waals surface area (Å²) in [6.45, 7) is 4.44. The van der Waals surface area contributed by atoms with Gasteiger partial charge in [-0.1, -0.05) is 56.0 Å². The highest BCUT2D eigenvalue weighted by molar-refractivity contribution is 5.70. The van der Waals surface area contributed by atoms with Crippen LogP contribution in [0.4, 0.5) is 0 Å². The van der Waals surface area contributed by atoms with E-state index in [4.69, 9.17) is 0 Å². The zero-order valence-corrected chi connectivity index (χ0v) is 12.3. The molecule has 0 aliphatic heterocycles. The summed E-state index contributed by atoms with van der Waals surface area (Å²) in [6, 6.07) is 8.57. The van der Waals surface area contributed by atoms with Crippen LogP contribution in [0.25, 0.3) is 5.57 Å². The van der Waals surface area contributed by atoms with Gasteiger partial charge in [-0.2, -0.15) is 0 Å². The summed E-state index contributed by atoms with van der Waals surface area (Å²) < 4.78 is 0. The molecule has 1 N–H and O–H groups in total. The maximum Gasteiger partial charge on any atom is 0.0790 e. The zero-order valence-electron chi connectivity index (χ0n) is 12.3. The lowest BCUT2D eigenvalue weighted by atomic mass is 9.98. The molecule has 0 radical (unpaired) electrons. The van der Waals surface area contributed by atoms with E-state index >= 15 is 0 Å². The van der Waals surface area contributed by atoms with E-state index in [9.17, 15) is 5.11 Å². The molecule has 0 saturated heterocycles. The van der Waals surface area contributed by atoms with Gasteiger partial charge in [-0.25, -0.2) is 0 Å². The van der Waals surface area contributed by atoms with E-state index in [-0.39, 0.29) is 6.10 Å². The quantitative estimate of drug-likeness (QED) is 0.690. The van der Waals surface area contributed by atoms with Crippen molar-refractivity contribution >= 4 is 5.57 Å². The molecule has 0 amide bonds. The fourth-order valence-electron chi connectivity index (χ4n) is 2.95. The predicted molar refractivity (Wildman–Crippen MR) is 82.0 cm³/mol. The Morgan fingerprint density at radius 3 is 2.42 bits per heavy atom. The number of aliphatic hydroxyl groups excluding tert-OH is 1. The summed E-state index contributed by atoms with van der Waals surface area (Å²) in [7, 11) is 0. The van der Waals surface area contributed by atoms with Crippen molar-refractivity contribution in [3.63, 3.8) is 0 Å².